The van der Waals surface area contributed by atoms with Crippen molar-refractivity contribution in [3.8, 4) is 0 Å². The van der Waals surface area contributed by atoms with Gasteiger partial charge in [0.1, 0.15) is 17.5 Å². The molecule has 1 aromatic heterocycles. The van der Waals surface area contributed by atoms with E-state index in [9.17, 15) is 4.39 Å². The Labute approximate surface area is 139 Å². The highest BCUT2D eigenvalue weighted by molar-refractivity contribution is 5.77. The molecule has 2 aliphatic rings. The van der Waals surface area contributed by atoms with Crippen molar-refractivity contribution in [2.45, 2.75) is 12.8 Å². The lowest BCUT2D eigenvalue weighted by Crippen LogP contribution is -2.10. The molecule has 0 saturated heterocycles. The van der Waals surface area contributed by atoms with E-state index >= 15 is 0 Å². The molecule has 0 radical (unpaired) electrons. The molecule has 0 spiro atoms. The molecule has 122 valence electrons. The molecule has 0 fully saturated rings. The summed E-state index contributed by atoms with van der Waals surface area (Å²) in [6.45, 7) is 0.476. The molecule has 0 unspecified atom stereocenters. The molecular formula is C18H18FN5. The molecule has 5 nitrogen and oxygen atoms in total. The van der Waals surface area contributed by atoms with Crippen LogP contribution in [0.25, 0.3) is 5.57 Å². The van der Waals surface area contributed by atoms with E-state index in [1.807, 2.05) is 24.3 Å². The molecule has 0 saturated carbocycles. The van der Waals surface area contributed by atoms with Crippen LogP contribution in [0.2, 0.25) is 0 Å². The average Bonchev–Trinajstić information content (AvgIpc) is 2.94. The number of hydrogen-bond donors (Lipinski definition) is 2. The van der Waals surface area contributed by atoms with Gasteiger partial charge in [-0.2, -0.15) is 0 Å². The van der Waals surface area contributed by atoms with E-state index < -0.39 is 0 Å². The van der Waals surface area contributed by atoms with Crippen LogP contribution in [0.5, 0.6) is 0 Å². The molecule has 0 bridgehead atoms. The number of nitrogens with two attached hydrogens (primary N) is 2. The van der Waals surface area contributed by atoms with Crippen LogP contribution in [0.3, 0.4) is 0 Å². The summed E-state index contributed by atoms with van der Waals surface area (Å²) >= 11 is 0. The molecule has 1 aliphatic heterocycles. The van der Waals surface area contributed by atoms with Gasteiger partial charge in [-0.05, 0) is 30.2 Å². The number of hydrogen-bond acceptors (Lipinski definition) is 5. The summed E-state index contributed by atoms with van der Waals surface area (Å²) in [5, 5.41) is 0. The number of nitrogens with zero attached hydrogens (tertiary/aromatic N) is 3. The van der Waals surface area contributed by atoms with E-state index in [0.717, 1.165) is 11.1 Å². The van der Waals surface area contributed by atoms with Crippen LogP contribution >= 0.6 is 0 Å². The van der Waals surface area contributed by atoms with Crippen molar-refractivity contribution in [3.05, 3.63) is 65.3 Å². The second kappa shape index (κ2) is 7.04. The maximum Gasteiger partial charge on any atom is 0.161 e. The fourth-order valence-corrected chi connectivity index (χ4v) is 2.46. The minimum atomic E-state index is -0.247. The Kier molecular flexibility index (Phi) is 4.65. The van der Waals surface area contributed by atoms with Gasteiger partial charge in [0.05, 0.1) is 6.54 Å². The lowest BCUT2D eigenvalue weighted by molar-refractivity contribution is 0.663. The van der Waals surface area contributed by atoms with Crippen molar-refractivity contribution >= 4 is 23.4 Å². The minimum Gasteiger partial charge on any atom is -0.383 e. The van der Waals surface area contributed by atoms with Crippen LogP contribution < -0.4 is 11.5 Å². The van der Waals surface area contributed by atoms with E-state index in [0.29, 0.717) is 42.4 Å². The number of anilines is 2. The van der Waals surface area contributed by atoms with Crippen molar-refractivity contribution in [1.29, 1.82) is 0 Å². The van der Waals surface area contributed by atoms with E-state index in [2.05, 4.69) is 15.0 Å². The molecule has 0 aromatic carbocycles. The SMILES string of the molecule is Nc1nc(C2=CC=CC=NC2)nc(N)c1CC1=CCC=C(F)C=C1. The van der Waals surface area contributed by atoms with Gasteiger partial charge in [-0.15, -0.1) is 0 Å². The second-order valence-electron chi connectivity index (χ2n) is 5.48. The average molecular weight is 323 g/mol. The predicted molar refractivity (Wildman–Crippen MR) is 96.1 cm³/mol. The van der Waals surface area contributed by atoms with Crippen LogP contribution in [0.4, 0.5) is 16.0 Å². The third-order valence-corrected chi connectivity index (χ3v) is 3.75. The largest absolute Gasteiger partial charge is 0.383 e. The van der Waals surface area contributed by atoms with Crippen molar-refractivity contribution in [1.82, 2.24) is 9.97 Å². The van der Waals surface area contributed by atoms with Gasteiger partial charge < -0.3 is 11.5 Å². The lowest BCUT2D eigenvalue weighted by atomic mass is 10.0. The number of halogens is 1. The highest BCUT2D eigenvalue weighted by atomic mass is 19.1. The van der Waals surface area contributed by atoms with E-state index in [1.165, 1.54) is 12.2 Å². The highest BCUT2D eigenvalue weighted by Gasteiger charge is 2.14. The van der Waals surface area contributed by atoms with Crippen LogP contribution in [0, 0.1) is 0 Å². The van der Waals surface area contributed by atoms with Crippen LogP contribution in [0.1, 0.15) is 17.8 Å². The first kappa shape index (κ1) is 15.9. The van der Waals surface area contributed by atoms with Gasteiger partial charge in [0.15, 0.2) is 5.82 Å². The summed E-state index contributed by atoms with van der Waals surface area (Å²) in [7, 11) is 0. The van der Waals surface area contributed by atoms with Crippen LogP contribution in [-0.2, 0) is 6.42 Å². The van der Waals surface area contributed by atoms with Gasteiger partial charge in [-0.25, -0.2) is 14.4 Å². The fourth-order valence-electron chi connectivity index (χ4n) is 2.46. The standard InChI is InChI=1S/C18H18FN5/c19-14-6-3-4-12(7-8-14)10-15-16(20)23-18(24-17(15)21)13-5-1-2-9-22-11-13/h1-2,4-9H,3,10-11H2,(H4,20,21,23,24). The molecule has 1 aromatic rings. The smallest absolute Gasteiger partial charge is 0.161 e. The molecule has 24 heavy (non-hydrogen) atoms. The number of rotatable bonds is 3. The van der Waals surface area contributed by atoms with Crippen molar-refractivity contribution in [2.24, 2.45) is 4.99 Å². The third kappa shape index (κ3) is 3.65. The molecule has 0 atom stereocenters. The van der Waals surface area contributed by atoms with Gasteiger partial charge >= 0.3 is 0 Å². The number of aliphatic imine (C=N–C) groups is 1. The monoisotopic (exact) mass is 323 g/mol. The Balaban J connectivity index is 1.87. The quantitative estimate of drug-likeness (QED) is 0.895. The molecule has 0 amide bonds. The maximum absolute atomic E-state index is 13.2. The van der Waals surface area contributed by atoms with E-state index in [4.69, 9.17) is 11.5 Å². The molecule has 3 rings (SSSR count). The van der Waals surface area contributed by atoms with Gasteiger partial charge in [-0.1, -0.05) is 24.3 Å². The molecular weight excluding hydrogens is 305 g/mol. The summed E-state index contributed by atoms with van der Waals surface area (Å²) in [6.07, 6.45) is 14.9. The molecule has 2 heterocycles. The van der Waals surface area contributed by atoms with Gasteiger partial charge in [0.25, 0.3) is 0 Å². The van der Waals surface area contributed by atoms with Gasteiger partial charge in [0.2, 0.25) is 0 Å². The minimum absolute atomic E-state index is 0.247. The molecule has 6 heteroatoms. The summed E-state index contributed by atoms with van der Waals surface area (Å²) in [5.41, 5.74) is 14.6. The zero-order valence-electron chi connectivity index (χ0n) is 13.1. The Hall–Kier alpha value is -3.02. The third-order valence-electron chi connectivity index (χ3n) is 3.75. The highest BCUT2D eigenvalue weighted by Crippen LogP contribution is 2.25. The first-order chi connectivity index (χ1) is 11.6. The van der Waals surface area contributed by atoms with Crippen molar-refractivity contribution in [2.75, 3.05) is 18.0 Å². The van der Waals surface area contributed by atoms with Crippen molar-refractivity contribution in [3.63, 3.8) is 0 Å². The summed E-state index contributed by atoms with van der Waals surface area (Å²) in [4.78, 5) is 13.0. The Morgan fingerprint density at radius 3 is 2.62 bits per heavy atom. The van der Waals surface area contributed by atoms with Gasteiger partial charge in [0, 0.05) is 23.8 Å². The summed E-state index contributed by atoms with van der Waals surface area (Å²) in [6, 6.07) is 0. The number of aromatic nitrogens is 2. The zero-order chi connectivity index (χ0) is 16.9. The number of allylic oxidation sites excluding steroid dienone is 9. The number of nitrogen functional groups attached to an aromatic ring is 2. The lowest BCUT2D eigenvalue weighted by Gasteiger charge is -2.11. The molecule has 4 N–H and O–H groups in total. The first-order valence-electron chi connectivity index (χ1n) is 7.64. The Morgan fingerprint density at radius 1 is 1.04 bits per heavy atom. The van der Waals surface area contributed by atoms with Gasteiger partial charge in [-0.3, -0.25) is 4.99 Å². The first-order valence-corrected chi connectivity index (χ1v) is 7.64. The van der Waals surface area contributed by atoms with Crippen molar-refractivity contribution < 1.29 is 4.39 Å². The summed E-state index contributed by atoms with van der Waals surface area (Å²) < 4.78 is 13.2. The Bertz CT molecular complexity index is 805. The van der Waals surface area contributed by atoms with E-state index in [-0.39, 0.29) is 5.83 Å². The van der Waals surface area contributed by atoms with Crippen LogP contribution in [0.15, 0.2) is 58.9 Å². The van der Waals surface area contributed by atoms with E-state index in [1.54, 1.807) is 12.3 Å². The zero-order valence-corrected chi connectivity index (χ0v) is 13.1. The summed E-state index contributed by atoms with van der Waals surface area (Å²) in [5.74, 6) is 0.906. The normalized spacial score (nSPS) is 17.0. The molecule has 1 aliphatic carbocycles. The maximum atomic E-state index is 13.2. The van der Waals surface area contributed by atoms with Crippen LogP contribution in [-0.4, -0.2) is 22.7 Å². The Morgan fingerprint density at radius 2 is 1.83 bits per heavy atom. The fraction of sp³-hybridized carbons (Fsp3) is 0.167. The predicted octanol–water partition coefficient (Wildman–Crippen LogP) is 2.95. The second-order valence-corrected chi connectivity index (χ2v) is 5.48. The topological polar surface area (TPSA) is 90.2 Å².